The van der Waals surface area contributed by atoms with Crippen LogP contribution in [0.1, 0.15) is 34.1 Å². The topological polar surface area (TPSA) is 71.8 Å². The van der Waals surface area contributed by atoms with Crippen LogP contribution in [0.5, 0.6) is 0 Å². The SMILES string of the molecule is CC1(C)OB(C2=CCN(C(=O)C3OCC3C#N)CC2)OC1(C)C. The van der Waals surface area contributed by atoms with Gasteiger partial charge in [0.2, 0.25) is 0 Å². The highest BCUT2D eigenvalue weighted by Crippen LogP contribution is 2.39. The molecule has 23 heavy (non-hydrogen) atoms. The Bertz CT molecular complexity index is 565. The molecule has 7 heteroatoms. The van der Waals surface area contributed by atoms with Crippen molar-refractivity contribution in [1.82, 2.24) is 4.90 Å². The highest BCUT2D eigenvalue weighted by Gasteiger charge is 2.52. The summed E-state index contributed by atoms with van der Waals surface area (Å²) >= 11 is 0. The second-order valence-corrected chi connectivity index (χ2v) is 7.39. The molecule has 0 aromatic rings. The fourth-order valence-electron chi connectivity index (χ4n) is 2.91. The third kappa shape index (κ3) is 2.80. The monoisotopic (exact) mass is 318 g/mol. The quantitative estimate of drug-likeness (QED) is 0.718. The van der Waals surface area contributed by atoms with E-state index in [4.69, 9.17) is 19.3 Å². The van der Waals surface area contributed by atoms with Gasteiger partial charge in [0, 0.05) is 13.1 Å². The van der Waals surface area contributed by atoms with Gasteiger partial charge in [-0.15, -0.1) is 0 Å². The fraction of sp³-hybridized carbons (Fsp3) is 0.750. The average Bonchev–Trinajstić information content (AvgIpc) is 2.67. The third-order valence-corrected chi connectivity index (χ3v) is 5.34. The minimum atomic E-state index is -0.591. The number of rotatable bonds is 2. The highest BCUT2D eigenvalue weighted by molar-refractivity contribution is 6.54. The van der Waals surface area contributed by atoms with Gasteiger partial charge in [-0.2, -0.15) is 5.26 Å². The Morgan fingerprint density at radius 3 is 2.43 bits per heavy atom. The smallest absolute Gasteiger partial charge is 0.400 e. The van der Waals surface area contributed by atoms with Gasteiger partial charge in [0.1, 0.15) is 5.92 Å². The average molecular weight is 318 g/mol. The zero-order valence-corrected chi connectivity index (χ0v) is 14.2. The normalized spacial score (nSPS) is 32.0. The molecule has 2 fully saturated rings. The second-order valence-electron chi connectivity index (χ2n) is 7.39. The second kappa shape index (κ2) is 5.62. The Balaban J connectivity index is 1.61. The first-order chi connectivity index (χ1) is 10.7. The van der Waals surface area contributed by atoms with Crippen LogP contribution in [0.25, 0.3) is 0 Å². The molecule has 3 heterocycles. The number of ether oxygens (including phenoxy) is 1. The van der Waals surface area contributed by atoms with Gasteiger partial charge >= 0.3 is 7.12 Å². The first-order valence-corrected chi connectivity index (χ1v) is 8.10. The van der Waals surface area contributed by atoms with E-state index in [2.05, 4.69) is 6.07 Å². The lowest BCUT2D eigenvalue weighted by molar-refractivity contribution is -0.163. The van der Waals surface area contributed by atoms with Crippen LogP contribution in [0, 0.1) is 17.2 Å². The van der Waals surface area contributed by atoms with Crippen LogP contribution in [0.15, 0.2) is 11.5 Å². The molecule has 6 nitrogen and oxygen atoms in total. The summed E-state index contributed by atoms with van der Waals surface area (Å²) in [6.07, 6.45) is 2.13. The van der Waals surface area contributed by atoms with E-state index in [1.54, 1.807) is 4.90 Å². The summed E-state index contributed by atoms with van der Waals surface area (Å²) < 4.78 is 17.4. The summed E-state index contributed by atoms with van der Waals surface area (Å²) in [5, 5.41) is 8.94. The Morgan fingerprint density at radius 2 is 2.00 bits per heavy atom. The summed E-state index contributed by atoms with van der Waals surface area (Å²) in [6, 6.07) is 2.12. The van der Waals surface area contributed by atoms with Crippen LogP contribution in [0.2, 0.25) is 0 Å². The molecule has 2 unspecified atom stereocenters. The molecule has 0 saturated carbocycles. The number of carbonyl (C=O) groups is 1. The number of nitrogens with zero attached hydrogens (tertiary/aromatic N) is 2. The maximum Gasteiger partial charge on any atom is 0.490 e. The molecule has 3 aliphatic rings. The lowest BCUT2D eigenvalue weighted by atomic mass is 9.74. The molecule has 0 aliphatic carbocycles. The van der Waals surface area contributed by atoms with Gasteiger partial charge in [-0.05, 0) is 39.6 Å². The molecule has 0 aromatic carbocycles. The number of hydrogen-bond donors (Lipinski definition) is 0. The van der Waals surface area contributed by atoms with Crippen LogP contribution < -0.4 is 0 Å². The van der Waals surface area contributed by atoms with Crippen LogP contribution in [0.4, 0.5) is 0 Å². The fourth-order valence-corrected chi connectivity index (χ4v) is 2.91. The highest BCUT2D eigenvalue weighted by atomic mass is 16.7. The van der Waals surface area contributed by atoms with Gasteiger partial charge in [0.25, 0.3) is 5.91 Å². The van der Waals surface area contributed by atoms with Gasteiger partial charge in [-0.3, -0.25) is 4.79 Å². The van der Waals surface area contributed by atoms with E-state index in [9.17, 15) is 4.79 Å². The molecule has 3 rings (SSSR count). The zero-order valence-electron chi connectivity index (χ0n) is 14.2. The Hall–Kier alpha value is -1.36. The number of nitriles is 1. The van der Waals surface area contributed by atoms with Crippen molar-refractivity contribution in [2.45, 2.75) is 51.4 Å². The molecule has 124 valence electrons. The van der Waals surface area contributed by atoms with E-state index in [-0.39, 0.29) is 30.1 Å². The number of carbonyl (C=O) groups excluding carboxylic acids is 1. The zero-order chi connectivity index (χ0) is 16.8. The van der Waals surface area contributed by atoms with Crippen molar-refractivity contribution in [3.8, 4) is 6.07 Å². The van der Waals surface area contributed by atoms with E-state index in [0.717, 1.165) is 5.47 Å². The molecule has 0 N–H and O–H groups in total. The summed E-state index contributed by atoms with van der Waals surface area (Å²) in [7, 11) is -0.343. The molecule has 3 aliphatic heterocycles. The third-order valence-electron chi connectivity index (χ3n) is 5.34. The van der Waals surface area contributed by atoms with E-state index < -0.39 is 6.10 Å². The van der Waals surface area contributed by atoms with Crippen LogP contribution >= 0.6 is 0 Å². The summed E-state index contributed by atoms with van der Waals surface area (Å²) in [4.78, 5) is 14.1. The summed E-state index contributed by atoms with van der Waals surface area (Å²) in [5.41, 5.74) is 0.371. The minimum absolute atomic E-state index is 0.0907. The molecule has 1 amide bonds. The van der Waals surface area contributed by atoms with E-state index in [0.29, 0.717) is 26.1 Å². The van der Waals surface area contributed by atoms with Crippen molar-refractivity contribution in [2.75, 3.05) is 19.7 Å². The van der Waals surface area contributed by atoms with Crippen molar-refractivity contribution in [1.29, 1.82) is 5.26 Å². The van der Waals surface area contributed by atoms with Gasteiger partial charge in [-0.25, -0.2) is 0 Å². The van der Waals surface area contributed by atoms with Crippen LogP contribution in [-0.2, 0) is 18.8 Å². The van der Waals surface area contributed by atoms with Crippen molar-refractivity contribution >= 4 is 13.0 Å². The van der Waals surface area contributed by atoms with Crippen LogP contribution in [0.3, 0.4) is 0 Å². The maximum absolute atomic E-state index is 12.3. The van der Waals surface area contributed by atoms with Gasteiger partial charge in [0.15, 0.2) is 6.10 Å². The largest absolute Gasteiger partial charge is 0.490 e. The molecule has 0 radical (unpaired) electrons. The maximum atomic E-state index is 12.3. The Labute approximate surface area is 137 Å². The van der Waals surface area contributed by atoms with Gasteiger partial charge < -0.3 is 18.9 Å². The minimum Gasteiger partial charge on any atom is -0.400 e. The Kier molecular flexibility index (Phi) is 4.03. The number of amides is 1. The number of hydrogen-bond acceptors (Lipinski definition) is 5. The van der Waals surface area contributed by atoms with Crippen molar-refractivity contribution in [3.05, 3.63) is 11.5 Å². The molecule has 2 saturated heterocycles. The summed E-state index contributed by atoms with van der Waals surface area (Å²) in [6.45, 7) is 9.59. The van der Waals surface area contributed by atoms with Gasteiger partial charge in [0.05, 0.1) is 23.9 Å². The molecule has 0 aromatic heterocycles. The molecular formula is C16H23BN2O4. The van der Waals surface area contributed by atoms with Crippen LogP contribution in [-0.4, -0.2) is 54.9 Å². The lowest BCUT2D eigenvalue weighted by Gasteiger charge is -2.36. The predicted molar refractivity (Wildman–Crippen MR) is 84.2 cm³/mol. The van der Waals surface area contributed by atoms with E-state index in [1.807, 2.05) is 33.8 Å². The first kappa shape index (κ1) is 16.5. The van der Waals surface area contributed by atoms with Crippen molar-refractivity contribution in [2.24, 2.45) is 5.92 Å². The lowest BCUT2D eigenvalue weighted by Crippen LogP contribution is -2.52. The van der Waals surface area contributed by atoms with Crippen molar-refractivity contribution < 1.29 is 18.8 Å². The molecule has 2 atom stereocenters. The van der Waals surface area contributed by atoms with E-state index in [1.165, 1.54) is 0 Å². The molecule has 0 spiro atoms. The predicted octanol–water partition coefficient (Wildman–Crippen LogP) is 1.32. The van der Waals surface area contributed by atoms with Gasteiger partial charge in [-0.1, -0.05) is 6.08 Å². The van der Waals surface area contributed by atoms with E-state index >= 15 is 0 Å². The molecule has 0 bridgehead atoms. The van der Waals surface area contributed by atoms with Crippen molar-refractivity contribution in [3.63, 3.8) is 0 Å². The Morgan fingerprint density at radius 1 is 1.35 bits per heavy atom. The first-order valence-electron chi connectivity index (χ1n) is 8.10. The summed E-state index contributed by atoms with van der Waals surface area (Å²) in [5.74, 6) is -0.400. The standard InChI is InChI=1S/C16H23BN2O4/c1-15(2)16(3,4)23-17(22-15)12-5-7-19(8-6-12)14(20)13-11(9-18)10-21-13/h5,11,13H,6-8,10H2,1-4H3. The molecular weight excluding hydrogens is 295 g/mol.